The molecule has 0 saturated carbocycles. The van der Waals surface area contributed by atoms with Crippen molar-refractivity contribution >= 4 is 23.1 Å². The Morgan fingerprint density at radius 3 is 2.09 bits per heavy atom. The van der Waals surface area contributed by atoms with E-state index in [0.717, 1.165) is 25.9 Å². The molecule has 4 unspecified atom stereocenters. The minimum atomic E-state index is -0.522. The minimum absolute atomic E-state index is 0.0934. The van der Waals surface area contributed by atoms with Gasteiger partial charge in [0, 0.05) is 48.3 Å². The third kappa shape index (κ3) is 3.34. The van der Waals surface area contributed by atoms with E-state index in [4.69, 9.17) is 4.74 Å². The van der Waals surface area contributed by atoms with Crippen molar-refractivity contribution in [3.63, 3.8) is 0 Å². The number of benzene rings is 2. The number of fused-ring (bicyclic) bond motifs is 4. The summed E-state index contributed by atoms with van der Waals surface area (Å²) in [7, 11) is 0. The maximum Gasteiger partial charge on any atom is 0.338 e. The van der Waals surface area contributed by atoms with E-state index in [1.807, 2.05) is 12.1 Å². The number of nitro benzene ring substituents is 1. The molecule has 2 heterocycles. The molecular weight excluding hydrogens is 432 g/mol. The molecule has 2 aliphatic carbocycles. The number of hydrogen-bond acceptors (Lipinski definition) is 6. The van der Waals surface area contributed by atoms with Gasteiger partial charge in [0.15, 0.2) is 12.4 Å². The lowest BCUT2D eigenvalue weighted by Gasteiger charge is -2.46. The van der Waals surface area contributed by atoms with E-state index in [2.05, 4.69) is 29.2 Å². The fraction of sp³-hybridized carbons (Fsp3) is 0.333. The zero-order valence-electron chi connectivity index (χ0n) is 18.6. The molecule has 2 aromatic carbocycles. The predicted molar refractivity (Wildman–Crippen MR) is 126 cm³/mol. The summed E-state index contributed by atoms with van der Waals surface area (Å²) in [5, 5.41) is 10.8. The minimum Gasteiger partial charge on any atom is -0.454 e. The number of ketones is 1. The first-order valence-corrected chi connectivity index (χ1v) is 11.7. The Morgan fingerprint density at radius 1 is 0.941 bits per heavy atom. The zero-order chi connectivity index (χ0) is 23.4. The van der Waals surface area contributed by atoms with Crippen LogP contribution >= 0.6 is 0 Å². The highest BCUT2D eigenvalue weighted by Crippen LogP contribution is 2.53. The Bertz CT molecular complexity index is 1210. The number of rotatable bonds is 5. The Morgan fingerprint density at radius 2 is 1.53 bits per heavy atom. The van der Waals surface area contributed by atoms with Crippen LogP contribution in [0.5, 0.6) is 0 Å². The quantitative estimate of drug-likeness (QED) is 0.211. The number of carbonyl (C=O) groups is 2. The highest BCUT2D eigenvalue weighted by atomic mass is 16.6. The van der Waals surface area contributed by atoms with Crippen LogP contribution in [0.3, 0.4) is 0 Å². The number of esters is 1. The molecule has 2 aromatic rings. The van der Waals surface area contributed by atoms with Crippen LogP contribution < -0.4 is 4.90 Å². The number of nitro groups is 1. The van der Waals surface area contributed by atoms with Gasteiger partial charge in [-0.2, -0.15) is 0 Å². The van der Waals surface area contributed by atoms with Crippen molar-refractivity contribution in [1.82, 2.24) is 0 Å². The Balaban J connectivity index is 1.27. The third-order valence-electron chi connectivity index (χ3n) is 7.66. The number of hydrogen-bond donors (Lipinski definition) is 0. The van der Waals surface area contributed by atoms with E-state index < -0.39 is 23.3 Å². The molecule has 7 heteroatoms. The van der Waals surface area contributed by atoms with E-state index in [-0.39, 0.29) is 11.3 Å². The van der Waals surface area contributed by atoms with Crippen molar-refractivity contribution < 1.29 is 19.2 Å². The van der Waals surface area contributed by atoms with Gasteiger partial charge < -0.3 is 9.64 Å². The van der Waals surface area contributed by atoms with Gasteiger partial charge in [0.2, 0.25) is 0 Å². The highest BCUT2D eigenvalue weighted by molar-refractivity contribution is 5.99. The van der Waals surface area contributed by atoms with E-state index >= 15 is 0 Å². The van der Waals surface area contributed by atoms with Crippen molar-refractivity contribution in [2.75, 3.05) is 24.6 Å². The van der Waals surface area contributed by atoms with Crippen molar-refractivity contribution in [2.24, 2.45) is 11.8 Å². The Labute approximate surface area is 196 Å². The summed E-state index contributed by atoms with van der Waals surface area (Å²) >= 11 is 0. The maximum atomic E-state index is 13.0. The molecule has 0 saturated heterocycles. The number of non-ortho nitro benzene ring substituents is 1. The zero-order valence-corrected chi connectivity index (χ0v) is 18.6. The lowest BCUT2D eigenvalue weighted by atomic mass is 9.74. The van der Waals surface area contributed by atoms with Crippen LogP contribution in [-0.2, 0) is 4.74 Å². The van der Waals surface area contributed by atoms with Crippen LogP contribution in [0.25, 0.3) is 0 Å². The third-order valence-corrected chi connectivity index (χ3v) is 7.66. The molecule has 2 aliphatic heterocycles. The first-order chi connectivity index (χ1) is 16.5. The SMILES string of the molecule is O=C(COC(=O)c1cc2c3c(c1)C1C=CCC1CN3CC1CC=CC21)c1ccc([N+](=O)[O-])cc1. The van der Waals surface area contributed by atoms with Crippen LogP contribution in [0, 0.1) is 22.0 Å². The Kier molecular flexibility index (Phi) is 4.86. The van der Waals surface area contributed by atoms with Crippen LogP contribution in [0.1, 0.15) is 56.5 Å². The largest absolute Gasteiger partial charge is 0.454 e. The summed E-state index contributed by atoms with van der Waals surface area (Å²) < 4.78 is 5.41. The molecule has 0 radical (unpaired) electrons. The fourth-order valence-corrected chi connectivity index (χ4v) is 6.06. The summed E-state index contributed by atoms with van der Waals surface area (Å²) in [5.74, 6) is 0.755. The molecule has 172 valence electrons. The van der Waals surface area contributed by atoms with Gasteiger partial charge in [-0.1, -0.05) is 24.3 Å². The summed E-state index contributed by atoms with van der Waals surface area (Å²) in [5.41, 5.74) is 4.31. The number of Topliss-reactive ketones (excluding diaryl/α,β-unsaturated/α-hetero) is 1. The molecule has 0 bridgehead atoms. The van der Waals surface area contributed by atoms with E-state index in [1.54, 1.807) is 0 Å². The van der Waals surface area contributed by atoms with Gasteiger partial charge >= 0.3 is 5.97 Å². The predicted octanol–water partition coefficient (Wildman–Crippen LogP) is 4.79. The van der Waals surface area contributed by atoms with E-state index in [9.17, 15) is 19.7 Å². The van der Waals surface area contributed by atoms with Gasteiger partial charge in [0.1, 0.15) is 0 Å². The summed E-state index contributed by atoms with van der Waals surface area (Å²) in [6.07, 6.45) is 11.1. The average Bonchev–Trinajstić information content (AvgIpc) is 3.52. The van der Waals surface area contributed by atoms with Gasteiger partial charge in [0.05, 0.1) is 10.5 Å². The molecule has 0 spiro atoms. The van der Waals surface area contributed by atoms with Crippen LogP contribution in [0.4, 0.5) is 11.4 Å². The van der Waals surface area contributed by atoms with Crippen molar-refractivity contribution in [3.8, 4) is 0 Å². The topological polar surface area (TPSA) is 89.8 Å². The smallest absolute Gasteiger partial charge is 0.338 e. The van der Waals surface area contributed by atoms with Crippen molar-refractivity contribution in [2.45, 2.75) is 24.7 Å². The second kappa shape index (κ2) is 7.94. The first kappa shape index (κ1) is 20.8. The van der Waals surface area contributed by atoms with Gasteiger partial charge in [-0.15, -0.1) is 0 Å². The summed E-state index contributed by atoms with van der Waals surface area (Å²) in [6.45, 7) is 1.69. The summed E-state index contributed by atoms with van der Waals surface area (Å²) in [4.78, 5) is 38.3. The van der Waals surface area contributed by atoms with Crippen molar-refractivity contribution in [1.29, 1.82) is 0 Å². The number of ether oxygens (including phenoxy) is 1. The molecule has 6 rings (SSSR count). The standard InChI is InChI=1S/C27H24N2O5/c30-25(16-7-9-20(10-8-16)29(32)33)15-34-27(31)19-11-23-21-5-1-3-17(21)13-28-14-18-4-2-6-22(18)24(12-19)26(23)28/h1-2,5-12,17-18,21-22H,3-4,13-15H2. The second-order valence-electron chi connectivity index (χ2n) is 9.61. The van der Waals surface area contributed by atoms with Crippen molar-refractivity contribution in [3.05, 3.63) is 93.1 Å². The van der Waals surface area contributed by atoms with Gasteiger partial charge in [-0.3, -0.25) is 14.9 Å². The first-order valence-electron chi connectivity index (χ1n) is 11.7. The molecule has 34 heavy (non-hydrogen) atoms. The Hall–Kier alpha value is -3.74. The monoisotopic (exact) mass is 456 g/mol. The number of allylic oxidation sites excluding steroid dienone is 4. The van der Waals surface area contributed by atoms with Gasteiger partial charge in [-0.05, 0) is 60.1 Å². The molecular formula is C27H24N2O5. The molecule has 4 atom stereocenters. The van der Waals surface area contributed by atoms with Crippen LogP contribution in [-0.4, -0.2) is 36.4 Å². The van der Waals surface area contributed by atoms with Gasteiger partial charge in [-0.25, -0.2) is 4.79 Å². The molecule has 0 amide bonds. The maximum absolute atomic E-state index is 13.0. The molecule has 0 aromatic heterocycles. The fourth-order valence-electron chi connectivity index (χ4n) is 6.06. The lowest BCUT2D eigenvalue weighted by molar-refractivity contribution is -0.384. The molecule has 7 nitrogen and oxygen atoms in total. The average molecular weight is 456 g/mol. The normalized spacial score (nSPS) is 25.5. The van der Waals surface area contributed by atoms with E-state index in [1.165, 1.54) is 41.1 Å². The summed E-state index contributed by atoms with van der Waals surface area (Å²) in [6, 6.07) is 9.21. The van der Waals surface area contributed by atoms with Gasteiger partial charge in [0.25, 0.3) is 5.69 Å². The lowest BCUT2D eigenvalue weighted by Crippen LogP contribution is -2.43. The molecule has 0 N–H and O–H groups in total. The van der Waals surface area contributed by atoms with E-state index in [0.29, 0.717) is 29.2 Å². The highest BCUT2D eigenvalue weighted by Gasteiger charge is 2.42. The van der Waals surface area contributed by atoms with Crippen LogP contribution in [0.2, 0.25) is 0 Å². The number of carbonyl (C=O) groups excluding carboxylic acids is 2. The number of anilines is 1. The second-order valence-corrected chi connectivity index (χ2v) is 9.61. The van der Waals surface area contributed by atoms with Crippen LogP contribution in [0.15, 0.2) is 60.7 Å². The number of nitrogens with zero attached hydrogens (tertiary/aromatic N) is 2. The molecule has 4 aliphatic rings. The molecule has 0 fully saturated rings.